The predicted molar refractivity (Wildman–Crippen MR) is 111 cm³/mol. The van der Waals surface area contributed by atoms with Crippen LogP contribution in [0.15, 0.2) is 20.2 Å². The molecule has 2 aromatic heterocycles. The van der Waals surface area contributed by atoms with Gasteiger partial charge in [0.25, 0.3) is 0 Å². The third-order valence-corrected chi connectivity index (χ3v) is 8.12. The number of aromatic nitrogens is 2. The molecule has 0 radical (unpaired) electrons. The second-order valence-corrected chi connectivity index (χ2v) is 11.7. The lowest BCUT2D eigenvalue weighted by Crippen LogP contribution is -2.59. The maximum Gasteiger partial charge on any atom is 0.238 e. The first-order valence-corrected chi connectivity index (χ1v) is 12.0. The molecule has 2 aliphatic heterocycles. The van der Waals surface area contributed by atoms with Crippen LogP contribution in [-0.2, 0) is 22.7 Å². The first kappa shape index (κ1) is 19.5. The number of thiazole rings is 2. The molecule has 6 nitrogen and oxygen atoms in total. The maximum absolute atomic E-state index is 13.4. The number of carbonyl (C=O) groups excluding carboxylic acids is 2. The van der Waals surface area contributed by atoms with Gasteiger partial charge in [-0.25, -0.2) is 9.97 Å². The minimum atomic E-state index is -0.889. The Bertz CT molecular complexity index is 798. The smallest absolute Gasteiger partial charge is 0.238 e. The molecule has 4 rings (SSSR count). The highest BCUT2D eigenvalue weighted by atomic mass is 79.9. The van der Waals surface area contributed by atoms with Crippen molar-refractivity contribution in [1.29, 1.82) is 0 Å². The zero-order valence-corrected chi connectivity index (χ0v) is 19.3. The third-order valence-electron chi connectivity index (χ3n) is 5.20. The molecule has 1 spiro atoms. The average molecular weight is 534 g/mol. The van der Waals surface area contributed by atoms with Crippen LogP contribution in [0.2, 0.25) is 0 Å². The lowest BCUT2D eigenvalue weighted by molar-refractivity contribution is -0.165. The summed E-state index contributed by atoms with van der Waals surface area (Å²) in [6, 6.07) is 0. The summed E-state index contributed by atoms with van der Waals surface area (Å²) in [4.78, 5) is 40.9. The monoisotopic (exact) mass is 532 g/mol. The molecule has 2 amide bonds. The highest BCUT2D eigenvalue weighted by Gasteiger charge is 2.53. The first-order chi connectivity index (χ1) is 13.0. The van der Waals surface area contributed by atoms with Crippen molar-refractivity contribution in [3.8, 4) is 0 Å². The Kier molecular flexibility index (Phi) is 5.69. The van der Waals surface area contributed by atoms with Gasteiger partial charge in [0.05, 0.1) is 13.1 Å². The van der Waals surface area contributed by atoms with Gasteiger partial charge in [-0.1, -0.05) is 0 Å². The van der Waals surface area contributed by atoms with E-state index in [1.807, 2.05) is 9.80 Å². The molecule has 0 bridgehead atoms. The molecule has 2 aromatic rings. The molecule has 0 atom stereocenters. The van der Waals surface area contributed by atoms with E-state index in [4.69, 9.17) is 0 Å². The summed E-state index contributed by atoms with van der Waals surface area (Å²) in [5, 5.41) is 0. The molecule has 0 N–H and O–H groups in total. The van der Waals surface area contributed by atoms with E-state index < -0.39 is 5.41 Å². The molecule has 0 aliphatic carbocycles. The summed E-state index contributed by atoms with van der Waals surface area (Å²) in [5.41, 5.74) is -0.889. The van der Waals surface area contributed by atoms with Gasteiger partial charge in [0, 0.05) is 35.2 Å². The van der Waals surface area contributed by atoms with E-state index in [2.05, 4.69) is 41.8 Å². The Morgan fingerprint density at radius 3 is 1.70 bits per heavy atom. The van der Waals surface area contributed by atoms with Crippen LogP contribution in [-0.4, -0.2) is 44.7 Å². The number of carbonyl (C=O) groups is 2. The third kappa shape index (κ3) is 3.86. The van der Waals surface area contributed by atoms with Crippen molar-refractivity contribution in [3.05, 3.63) is 30.0 Å². The lowest BCUT2D eigenvalue weighted by Gasteiger charge is -2.45. The van der Waals surface area contributed by atoms with Crippen molar-refractivity contribution in [2.45, 2.75) is 38.8 Å². The van der Waals surface area contributed by atoms with E-state index in [9.17, 15) is 9.59 Å². The van der Waals surface area contributed by atoms with Gasteiger partial charge in [-0.05, 0) is 57.5 Å². The van der Waals surface area contributed by atoms with Crippen LogP contribution in [0.5, 0.6) is 0 Å². The van der Waals surface area contributed by atoms with Crippen LogP contribution in [0.4, 0.5) is 0 Å². The molecule has 2 saturated heterocycles. The lowest BCUT2D eigenvalue weighted by atomic mass is 9.72. The Morgan fingerprint density at radius 2 is 1.33 bits per heavy atom. The van der Waals surface area contributed by atoms with E-state index in [1.165, 1.54) is 22.7 Å². The van der Waals surface area contributed by atoms with E-state index >= 15 is 0 Å². The molecular formula is C17H18Br2N4O2S2. The maximum atomic E-state index is 13.4. The van der Waals surface area contributed by atoms with Crippen LogP contribution in [0.1, 0.15) is 35.4 Å². The fraction of sp³-hybridized carbons (Fsp3) is 0.529. The fourth-order valence-corrected chi connectivity index (χ4v) is 6.73. The minimum absolute atomic E-state index is 0.0153. The van der Waals surface area contributed by atoms with Crippen molar-refractivity contribution < 1.29 is 9.59 Å². The van der Waals surface area contributed by atoms with E-state index in [-0.39, 0.29) is 11.8 Å². The second kappa shape index (κ2) is 7.88. The number of piperidine rings is 2. The Morgan fingerprint density at radius 1 is 0.889 bits per heavy atom. The number of halogens is 2. The van der Waals surface area contributed by atoms with Crippen LogP contribution >= 0.6 is 54.5 Å². The molecule has 0 saturated carbocycles. The van der Waals surface area contributed by atoms with E-state index in [0.29, 0.717) is 39.0 Å². The van der Waals surface area contributed by atoms with Crippen LogP contribution in [0.25, 0.3) is 0 Å². The van der Waals surface area contributed by atoms with Crippen molar-refractivity contribution in [2.24, 2.45) is 5.41 Å². The summed E-state index contributed by atoms with van der Waals surface area (Å²) in [6.07, 6.45) is 6.60. The fourth-order valence-electron chi connectivity index (χ4n) is 3.99. The summed E-state index contributed by atoms with van der Waals surface area (Å²) in [7, 11) is 0. The number of hydrogen-bond acceptors (Lipinski definition) is 6. The molecule has 2 aliphatic rings. The molecule has 27 heavy (non-hydrogen) atoms. The molecule has 144 valence electrons. The number of rotatable bonds is 4. The summed E-state index contributed by atoms with van der Waals surface area (Å²) >= 11 is 9.80. The van der Waals surface area contributed by atoms with Gasteiger partial charge in [-0.15, -0.1) is 22.7 Å². The van der Waals surface area contributed by atoms with Gasteiger partial charge in [-0.2, -0.15) is 0 Å². The van der Waals surface area contributed by atoms with Gasteiger partial charge in [-0.3, -0.25) is 9.59 Å². The zero-order valence-electron chi connectivity index (χ0n) is 14.5. The molecule has 0 unspecified atom stereocenters. The molecular weight excluding hydrogens is 516 g/mol. The molecule has 0 aromatic carbocycles. The summed E-state index contributed by atoms with van der Waals surface area (Å²) in [6.45, 7) is 2.45. The quantitative estimate of drug-likeness (QED) is 0.556. The Hall–Kier alpha value is -0.840. The Balaban J connectivity index is 1.52. The molecule has 4 heterocycles. The molecule has 10 heteroatoms. The summed E-state index contributed by atoms with van der Waals surface area (Å²) in [5.74, 6) is -0.0306. The number of amides is 2. The van der Waals surface area contributed by atoms with Crippen molar-refractivity contribution in [2.75, 3.05) is 13.1 Å². The van der Waals surface area contributed by atoms with Crippen LogP contribution in [0, 0.1) is 5.41 Å². The second-order valence-electron chi connectivity index (χ2n) is 6.90. The van der Waals surface area contributed by atoms with Crippen LogP contribution < -0.4 is 0 Å². The largest absolute Gasteiger partial charge is 0.337 e. The van der Waals surface area contributed by atoms with Crippen molar-refractivity contribution in [3.63, 3.8) is 0 Å². The highest BCUT2D eigenvalue weighted by Crippen LogP contribution is 2.42. The van der Waals surface area contributed by atoms with E-state index in [0.717, 1.165) is 30.4 Å². The topological polar surface area (TPSA) is 66.4 Å². The SMILES string of the molecule is O=C1N(Cc2cnc(Br)s2)CCCC12CCCN(Cc1cnc(Br)s1)C2=O. The molecule has 2 fully saturated rings. The van der Waals surface area contributed by atoms with Gasteiger partial charge in [0.15, 0.2) is 7.83 Å². The van der Waals surface area contributed by atoms with Gasteiger partial charge in [0.2, 0.25) is 11.8 Å². The first-order valence-electron chi connectivity index (χ1n) is 8.77. The van der Waals surface area contributed by atoms with Crippen molar-refractivity contribution in [1.82, 2.24) is 19.8 Å². The normalized spacial score (nSPS) is 19.9. The predicted octanol–water partition coefficient (Wildman–Crippen LogP) is 4.06. The van der Waals surface area contributed by atoms with Gasteiger partial charge >= 0.3 is 0 Å². The average Bonchev–Trinajstić information content (AvgIpc) is 3.24. The van der Waals surface area contributed by atoms with Gasteiger partial charge in [0.1, 0.15) is 5.41 Å². The minimum Gasteiger partial charge on any atom is -0.337 e. The number of nitrogens with zero attached hydrogens (tertiary/aromatic N) is 4. The van der Waals surface area contributed by atoms with E-state index in [1.54, 1.807) is 12.4 Å². The summed E-state index contributed by atoms with van der Waals surface area (Å²) < 4.78 is 1.62. The van der Waals surface area contributed by atoms with Crippen LogP contribution in [0.3, 0.4) is 0 Å². The number of hydrogen-bond donors (Lipinski definition) is 0. The number of likely N-dealkylation sites (tertiary alicyclic amines) is 2. The Labute approximate surface area is 182 Å². The standard InChI is InChI=1S/C17H18Br2N4O2S2/c18-15-20-7-11(26-15)9-22-5-1-3-17(13(22)24)4-2-6-23(14(17)25)10-12-8-21-16(19)27-12/h7-8H,1-6,9-10H2. The highest BCUT2D eigenvalue weighted by molar-refractivity contribution is 9.11. The van der Waals surface area contributed by atoms with Gasteiger partial charge < -0.3 is 9.80 Å². The van der Waals surface area contributed by atoms with Crippen molar-refractivity contribution >= 4 is 66.3 Å². The zero-order chi connectivity index (χ0) is 19.0.